The summed E-state index contributed by atoms with van der Waals surface area (Å²) >= 11 is 3.51. The number of benzene rings is 2. The smallest absolute Gasteiger partial charge is 0.245 e. The van der Waals surface area contributed by atoms with Gasteiger partial charge in [0.1, 0.15) is 6.04 Å². The number of nitrogens with zero attached hydrogens (tertiary/aromatic N) is 2. The predicted octanol–water partition coefficient (Wildman–Crippen LogP) is 4.09. The summed E-state index contributed by atoms with van der Waals surface area (Å²) in [7, 11) is 0. The topological polar surface area (TPSA) is 63.0 Å². The Bertz CT molecular complexity index is 846. The average molecular weight is 385 g/mol. The molecule has 3 aromatic rings. The van der Waals surface area contributed by atoms with Crippen molar-refractivity contribution in [2.75, 3.05) is 0 Å². The van der Waals surface area contributed by atoms with E-state index in [1.807, 2.05) is 36.4 Å². The van der Waals surface area contributed by atoms with Crippen LogP contribution in [0.4, 0.5) is 0 Å². The van der Waals surface area contributed by atoms with Crippen molar-refractivity contribution in [1.82, 2.24) is 21.0 Å². The minimum Gasteiger partial charge on any atom is -0.337 e. The van der Waals surface area contributed by atoms with Crippen LogP contribution < -0.4 is 10.9 Å². The maximum Gasteiger partial charge on any atom is 0.245 e. The average Bonchev–Trinajstić information content (AvgIpc) is 3.25. The van der Waals surface area contributed by atoms with Crippen molar-refractivity contribution in [3.8, 4) is 11.4 Å². The Morgan fingerprint density at radius 1 is 1.08 bits per heavy atom. The van der Waals surface area contributed by atoms with E-state index in [0.717, 1.165) is 16.5 Å². The van der Waals surface area contributed by atoms with Crippen molar-refractivity contribution >= 4 is 15.9 Å². The fourth-order valence-corrected chi connectivity index (χ4v) is 3.27. The van der Waals surface area contributed by atoms with Gasteiger partial charge in [0.2, 0.25) is 11.7 Å². The quantitative estimate of drug-likeness (QED) is 0.711. The molecular formula is C18H17BrN4O. The minimum absolute atomic E-state index is 0.000630. The molecule has 2 N–H and O–H groups in total. The molecule has 6 heteroatoms. The number of hydrazine groups is 1. The largest absolute Gasteiger partial charge is 0.337 e. The van der Waals surface area contributed by atoms with E-state index < -0.39 is 0 Å². The van der Waals surface area contributed by atoms with Crippen molar-refractivity contribution in [3.05, 3.63) is 70.0 Å². The number of aryl methyl sites for hydroxylation is 1. The second-order valence-corrected chi connectivity index (χ2v) is 6.92. The Morgan fingerprint density at radius 3 is 2.67 bits per heavy atom. The van der Waals surface area contributed by atoms with Crippen molar-refractivity contribution in [2.24, 2.45) is 0 Å². The summed E-state index contributed by atoms with van der Waals surface area (Å²) in [4.78, 5) is 4.55. The number of rotatable bonds is 3. The SMILES string of the molecule is Cc1ccc(-c2noc(C3CC(c4cccc(Br)c4)NN3)n2)cc1. The van der Waals surface area contributed by atoms with Crippen LogP contribution in [0.5, 0.6) is 0 Å². The summed E-state index contributed by atoms with van der Waals surface area (Å²) in [5.41, 5.74) is 9.95. The maximum absolute atomic E-state index is 5.47. The second-order valence-electron chi connectivity index (χ2n) is 6.01. The fourth-order valence-electron chi connectivity index (χ4n) is 2.86. The van der Waals surface area contributed by atoms with Gasteiger partial charge in [-0.1, -0.05) is 63.0 Å². The number of aromatic nitrogens is 2. The molecule has 1 saturated heterocycles. The zero-order valence-corrected chi connectivity index (χ0v) is 14.7. The first-order chi connectivity index (χ1) is 11.7. The predicted molar refractivity (Wildman–Crippen MR) is 95.0 cm³/mol. The lowest BCUT2D eigenvalue weighted by Gasteiger charge is -2.09. The molecule has 1 fully saturated rings. The van der Waals surface area contributed by atoms with E-state index in [-0.39, 0.29) is 12.1 Å². The molecule has 0 saturated carbocycles. The molecule has 0 bridgehead atoms. The van der Waals surface area contributed by atoms with Crippen molar-refractivity contribution in [3.63, 3.8) is 0 Å². The molecule has 1 aliphatic rings. The summed E-state index contributed by atoms with van der Waals surface area (Å²) < 4.78 is 6.54. The standard InChI is InChI=1S/C18H17BrN4O/c1-11-5-7-12(8-6-11)17-20-18(24-23-17)16-10-15(21-22-16)13-3-2-4-14(19)9-13/h2-9,15-16,21-22H,10H2,1H3. The highest BCUT2D eigenvalue weighted by Gasteiger charge is 2.30. The molecule has 4 rings (SSSR count). The van der Waals surface area contributed by atoms with Crippen molar-refractivity contribution in [2.45, 2.75) is 25.4 Å². The summed E-state index contributed by atoms with van der Waals surface area (Å²) in [5.74, 6) is 1.23. The van der Waals surface area contributed by atoms with Gasteiger partial charge in [-0.15, -0.1) is 0 Å². The van der Waals surface area contributed by atoms with Crippen LogP contribution in [0.3, 0.4) is 0 Å². The van der Waals surface area contributed by atoms with Gasteiger partial charge in [-0.05, 0) is 31.0 Å². The monoisotopic (exact) mass is 384 g/mol. The third kappa shape index (κ3) is 3.13. The van der Waals surface area contributed by atoms with Crippen LogP contribution in [0.25, 0.3) is 11.4 Å². The number of halogens is 1. The molecule has 2 atom stereocenters. The number of nitrogens with one attached hydrogen (secondary N) is 2. The van der Waals surface area contributed by atoms with Crippen LogP contribution in [-0.4, -0.2) is 10.1 Å². The second kappa shape index (κ2) is 6.47. The summed E-state index contributed by atoms with van der Waals surface area (Å²) in [5, 5.41) is 4.11. The molecule has 2 unspecified atom stereocenters. The molecule has 5 nitrogen and oxygen atoms in total. The minimum atomic E-state index is 0.000630. The zero-order valence-electron chi connectivity index (χ0n) is 13.2. The van der Waals surface area contributed by atoms with Crippen molar-refractivity contribution in [1.29, 1.82) is 0 Å². The molecule has 24 heavy (non-hydrogen) atoms. The molecule has 0 radical (unpaired) electrons. The highest BCUT2D eigenvalue weighted by atomic mass is 79.9. The lowest BCUT2D eigenvalue weighted by atomic mass is 10.0. The lowest BCUT2D eigenvalue weighted by Crippen LogP contribution is -2.26. The first-order valence-corrected chi connectivity index (χ1v) is 8.65. The Balaban J connectivity index is 1.50. The van der Waals surface area contributed by atoms with E-state index >= 15 is 0 Å². The molecule has 0 spiro atoms. The van der Waals surface area contributed by atoms with Gasteiger partial charge in [-0.25, -0.2) is 10.9 Å². The van der Waals surface area contributed by atoms with Gasteiger partial charge >= 0.3 is 0 Å². The molecule has 2 aromatic carbocycles. The Hall–Kier alpha value is -2.02. The molecule has 1 aliphatic heterocycles. The van der Waals surface area contributed by atoms with Crippen molar-refractivity contribution < 1.29 is 4.52 Å². The fraction of sp³-hybridized carbons (Fsp3) is 0.222. The van der Waals surface area contributed by atoms with Crippen LogP contribution in [-0.2, 0) is 0 Å². The van der Waals surface area contributed by atoms with Gasteiger partial charge in [-0.3, -0.25) is 0 Å². The number of hydrogen-bond donors (Lipinski definition) is 2. The Labute approximate surface area is 148 Å². The van der Waals surface area contributed by atoms with Gasteiger partial charge in [-0.2, -0.15) is 4.98 Å². The van der Waals surface area contributed by atoms with E-state index in [1.165, 1.54) is 11.1 Å². The number of hydrogen-bond acceptors (Lipinski definition) is 5. The first-order valence-electron chi connectivity index (χ1n) is 7.86. The normalized spacial score (nSPS) is 20.4. The summed E-state index contributed by atoms with van der Waals surface area (Å²) in [6, 6.07) is 16.6. The van der Waals surface area contributed by atoms with E-state index in [0.29, 0.717) is 11.7 Å². The molecule has 0 aliphatic carbocycles. The maximum atomic E-state index is 5.47. The van der Waals surface area contributed by atoms with Gasteiger partial charge in [0.15, 0.2) is 0 Å². The highest BCUT2D eigenvalue weighted by molar-refractivity contribution is 9.10. The lowest BCUT2D eigenvalue weighted by molar-refractivity contribution is 0.340. The van der Waals surface area contributed by atoms with E-state index in [2.05, 4.69) is 56.0 Å². The molecular weight excluding hydrogens is 368 g/mol. The van der Waals surface area contributed by atoms with E-state index in [1.54, 1.807) is 0 Å². The highest BCUT2D eigenvalue weighted by Crippen LogP contribution is 2.31. The van der Waals surface area contributed by atoms with Crippen LogP contribution in [0.1, 0.15) is 35.5 Å². The molecule has 1 aromatic heterocycles. The summed E-state index contributed by atoms with van der Waals surface area (Å²) in [6.07, 6.45) is 0.853. The van der Waals surface area contributed by atoms with Gasteiger partial charge in [0.25, 0.3) is 0 Å². The first kappa shape index (κ1) is 15.5. The third-order valence-corrected chi connectivity index (χ3v) is 4.70. The van der Waals surface area contributed by atoms with Crippen LogP contribution in [0.2, 0.25) is 0 Å². The van der Waals surface area contributed by atoms with Crippen LogP contribution >= 0.6 is 15.9 Å². The van der Waals surface area contributed by atoms with E-state index in [9.17, 15) is 0 Å². The van der Waals surface area contributed by atoms with Gasteiger partial charge in [0, 0.05) is 16.1 Å². The van der Waals surface area contributed by atoms with Crippen LogP contribution in [0, 0.1) is 6.92 Å². The van der Waals surface area contributed by atoms with Gasteiger partial charge < -0.3 is 4.52 Å². The zero-order chi connectivity index (χ0) is 16.5. The summed E-state index contributed by atoms with van der Waals surface area (Å²) in [6.45, 7) is 2.06. The van der Waals surface area contributed by atoms with Gasteiger partial charge in [0.05, 0.1) is 0 Å². The molecule has 122 valence electrons. The Kier molecular flexibility index (Phi) is 4.18. The third-order valence-electron chi connectivity index (χ3n) is 4.20. The molecule has 2 heterocycles. The Morgan fingerprint density at radius 2 is 1.88 bits per heavy atom. The molecule has 0 amide bonds. The van der Waals surface area contributed by atoms with E-state index in [4.69, 9.17) is 4.52 Å². The van der Waals surface area contributed by atoms with Crippen LogP contribution in [0.15, 0.2) is 57.5 Å².